The first-order chi connectivity index (χ1) is 15.9. The van der Waals surface area contributed by atoms with Crippen molar-refractivity contribution in [1.29, 1.82) is 0 Å². The van der Waals surface area contributed by atoms with Gasteiger partial charge in [0, 0.05) is 31.1 Å². The van der Waals surface area contributed by atoms with Crippen molar-refractivity contribution in [2.75, 3.05) is 23.2 Å². The Morgan fingerprint density at radius 2 is 1.74 bits per heavy atom. The number of fused-ring (bicyclic) bond motifs is 1. The Hall–Kier alpha value is -3.13. The number of carbonyl (C=O) groups is 2. The van der Waals surface area contributed by atoms with Gasteiger partial charge >= 0.3 is 0 Å². The molecule has 0 unspecified atom stereocenters. The van der Waals surface area contributed by atoms with Gasteiger partial charge in [0.15, 0.2) is 15.6 Å². The molecule has 0 aromatic heterocycles. The molecule has 0 aliphatic carbocycles. The van der Waals surface area contributed by atoms with E-state index in [-0.39, 0.29) is 29.3 Å². The lowest BCUT2D eigenvalue weighted by Crippen LogP contribution is -2.31. The Labute approximate surface area is 200 Å². The molecule has 2 heterocycles. The van der Waals surface area contributed by atoms with Crippen LogP contribution in [0.3, 0.4) is 0 Å². The van der Waals surface area contributed by atoms with E-state index in [0.29, 0.717) is 18.8 Å². The second kappa shape index (κ2) is 8.58. The smallest absolute Gasteiger partial charge is 0.238 e. The van der Waals surface area contributed by atoms with Crippen molar-refractivity contribution in [2.24, 2.45) is 0 Å². The molecule has 2 aliphatic rings. The zero-order chi connectivity index (χ0) is 24.8. The fourth-order valence-electron chi connectivity index (χ4n) is 4.52. The molecule has 180 valence electrons. The highest BCUT2D eigenvalue weighted by Gasteiger charge is 2.30. The van der Waals surface area contributed by atoms with Gasteiger partial charge in [-0.25, -0.2) is 8.42 Å². The highest BCUT2D eigenvalue weighted by atomic mass is 32.2. The lowest BCUT2D eigenvalue weighted by atomic mass is 9.85. The van der Waals surface area contributed by atoms with E-state index in [2.05, 4.69) is 25.7 Å². The molecule has 0 spiro atoms. The molecule has 0 radical (unpaired) electrons. The number of methoxy groups -OCH3 is 1. The maximum absolute atomic E-state index is 12.6. The summed E-state index contributed by atoms with van der Waals surface area (Å²) in [5, 5.41) is 0. The van der Waals surface area contributed by atoms with Gasteiger partial charge in [0.2, 0.25) is 5.91 Å². The van der Waals surface area contributed by atoms with E-state index in [0.717, 1.165) is 33.7 Å². The minimum atomic E-state index is -3.12. The van der Waals surface area contributed by atoms with Crippen molar-refractivity contribution in [3.05, 3.63) is 64.9 Å². The number of amides is 1. The van der Waals surface area contributed by atoms with Crippen LogP contribution in [0.15, 0.2) is 42.6 Å². The normalized spacial score (nSPS) is 16.3. The van der Waals surface area contributed by atoms with Crippen LogP contribution in [0.4, 0.5) is 11.4 Å². The SMILES string of the molecule is COc1c(N2Cc3ccc(CS(C)(=O)=O)cc3C2)cc(N2C=CC(=O)CC2=O)cc1C(C)(C)C. The summed E-state index contributed by atoms with van der Waals surface area (Å²) in [7, 11) is -1.48. The van der Waals surface area contributed by atoms with Gasteiger partial charge in [-0.05, 0) is 40.3 Å². The van der Waals surface area contributed by atoms with Gasteiger partial charge in [-0.2, -0.15) is 0 Å². The average molecular weight is 483 g/mol. The van der Waals surface area contributed by atoms with Crippen LogP contribution >= 0.6 is 0 Å². The summed E-state index contributed by atoms with van der Waals surface area (Å²) in [5.41, 5.74) is 5.20. The molecule has 0 N–H and O–H groups in total. The molecule has 0 atom stereocenters. The summed E-state index contributed by atoms with van der Waals surface area (Å²) in [4.78, 5) is 28.0. The first-order valence-corrected chi connectivity index (χ1v) is 13.2. The number of anilines is 2. The van der Waals surface area contributed by atoms with Crippen LogP contribution in [-0.4, -0.2) is 33.5 Å². The minimum Gasteiger partial charge on any atom is -0.494 e. The van der Waals surface area contributed by atoms with Gasteiger partial charge in [-0.3, -0.25) is 14.5 Å². The van der Waals surface area contributed by atoms with E-state index >= 15 is 0 Å². The third kappa shape index (κ3) is 4.87. The lowest BCUT2D eigenvalue weighted by molar-refractivity contribution is -0.124. The molecule has 2 aliphatic heterocycles. The summed E-state index contributed by atoms with van der Waals surface area (Å²) in [5.74, 6) is 0.282. The number of hydrogen-bond donors (Lipinski definition) is 0. The lowest BCUT2D eigenvalue weighted by Gasteiger charge is -2.31. The highest BCUT2D eigenvalue weighted by molar-refractivity contribution is 7.89. The third-order valence-electron chi connectivity index (χ3n) is 6.11. The maximum Gasteiger partial charge on any atom is 0.238 e. The van der Waals surface area contributed by atoms with E-state index in [1.807, 2.05) is 30.3 Å². The molecule has 1 amide bonds. The Kier molecular flexibility index (Phi) is 6.06. The van der Waals surface area contributed by atoms with Crippen LogP contribution in [-0.2, 0) is 43.7 Å². The number of ether oxygens (including phenoxy) is 1. The minimum absolute atomic E-state index is 0.00931. The number of ketones is 1. The zero-order valence-electron chi connectivity index (χ0n) is 20.2. The monoisotopic (exact) mass is 482 g/mol. The van der Waals surface area contributed by atoms with Crippen LogP contribution in [0.2, 0.25) is 0 Å². The van der Waals surface area contributed by atoms with E-state index in [1.54, 1.807) is 7.11 Å². The number of hydrogen-bond acceptors (Lipinski definition) is 6. The van der Waals surface area contributed by atoms with Gasteiger partial charge < -0.3 is 9.64 Å². The molecular formula is C26H30N2O5S. The topological polar surface area (TPSA) is 84.0 Å². The Morgan fingerprint density at radius 3 is 2.35 bits per heavy atom. The number of rotatable bonds is 5. The fraction of sp³-hybridized carbons (Fsp3) is 0.385. The zero-order valence-corrected chi connectivity index (χ0v) is 21.0. The van der Waals surface area contributed by atoms with Crippen molar-refractivity contribution in [2.45, 2.75) is 51.4 Å². The molecule has 34 heavy (non-hydrogen) atoms. The summed E-state index contributed by atoms with van der Waals surface area (Å²) in [6, 6.07) is 9.69. The second-order valence-corrected chi connectivity index (χ2v) is 12.2. The highest BCUT2D eigenvalue weighted by Crippen LogP contribution is 2.45. The molecule has 2 aromatic rings. The predicted molar refractivity (Wildman–Crippen MR) is 133 cm³/mol. The maximum atomic E-state index is 12.6. The first-order valence-electron chi connectivity index (χ1n) is 11.1. The molecule has 4 rings (SSSR count). The second-order valence-electron chi connectivity index (χ2n) is 10.0. The number of allylic oxidation sites excluding steroid dienone is 1. The molecule has 0 saturated heterocycles. The van der Waals surface area contributed by atoms with Crippen LogP contribution in [0.5, 0.6) is 5.75 Å². The van der Waals surface area contributed by atoms with Gasteiger partial charge in [0.25, 0.3) is 0 Å². The van der Waals surface area contributed by atoms with Crippen molar-refractivity contribution in [1.82, 2.24) is 0 Å². The van der Waals surface area contributed by atoms with Gasteiger partial charge in [-0.1, -0.05) is 39.0 Å². The van der Waals surface area contributed by atoms with E-state index in [4.69, 9.17) is 4.74 Å². The van der Waals surface area contributed by atoms with Crippen molar-refractivity contribution in [3.63, 3.8) is 0 Å². The van der Waals surface area contributed by atoms with Gasteiger partial charge in [0.1, 0.15) is 5.75 Å². The molecular weight excluding hydrogens is 452 g/mol. The van der Waals surface area contributed by atoms with Gasteiger partial charge in [0.05, 0.1) is 30.7 Å². The first kappa shape index (κ1) is 24.0. The van der Waals surface area contributed by atoms with Crippen molar-refractivity contribution >= 4 is 32.9 Å². The van der Waals surface area contributed by atoms with Crippen LogP contribution < -0.4 is 14.5 Å². The number of sulfone groups is 1. The number of benzene rings is 2. The predicted octanol–water partition coefficient (Wildman–Crippen LogP) is 3.88. The van der Waals surface area contributed by atoms with Crippen molar-refractivity contribution in [3.8, 4) is 5.75 Å². The van der Waals surface area contributed by atoms with Crippen LogP contribution in [0.25, 0.3) is 0 Å². The quantitative estimate of drug-likeness (QED) is 0.602. The Morgan fingerprint density at radius 1 is 1.03 bits per heavy atom. The summed E-state index contributed by atoms with van der Waals surface area (Å²) >= 11 is 0. The number of carbonyl (C=O) groups excluding carboxylic acids is 2. The molecule has 7 nitrogen and oxygen atoms in total. The Balaban J connectivity index is 1.78. The summed E-state index contributed by atoms with van der Waals surface area (Å²) in [6.07, 6.45) is 4.04. The van der Waals surface area contributed by atoms with Crippen molar-refractivity contribution < 1.29 is 22.7 Å². The van der Waals surface area contributed by atoms with E-state index < -0.39 is 9.84 Å². The van der Waals surface area contributed by atoms with Gasteiger partial charge in [-0.15, -0.1) is 0 Å². The van der Waals surface area contributed by atoms with Crippen LogP contribution in [0.1, 0.15) is 49.4 Å². The average Bonchev–Trinajstić information content (AvgIpc) is 3.14. The van der Waals surface area contributed by atoms with Crippen LogP contribution in [0, 0.1) is 0 Å². The molecule has 2 aromatic carbocycles. The van der Waals surface area contributed by atoms with E-state index in [9.17, 15) is 18.0 Å². The largest absolute Gasteiger partial charge is 0.494 e. The fourth-order valence-corrected chi connectivity index (χ4v) is 5.30. The molecule has 0 saturated carbocycles. The summed E-state index contributed by atoms with van der Waals surface area (Å²) < 4.78 is 29.4. The number of nitrogens with zero attached hydrogens (tertiary/aromatic N) is 2. The van der Waals surface area contributed by atoms with E-state index in [1.165, 1.54) is 23.4 Å². The molecule has 0 fully saturated rings. The standard InChI is InChI=1S/C26H30N2O5S/c1-26(2,3)22-11-20(28-9-8-21(29)13-24(28)30)12-23(25(22)33-4)27-14-18-7-6-17(10-19(18)15-27)16-34(5,31)32/h6-12H,13-16H2,1-5H3. The summed E-state index contributed by atoms with van der Waals surface area (Å²) in [6.45, 7) is 7.50. The molecule has 8 heteroatoms. The third-order valence-corrected chi connectivity index (χ3v) is 6.97. The Bertz CT molecular complexity index is 1310. The molecule has 0 bridgehead atoms.